The molecular formula is C14H20OSi. The Morgan fingerprint density at radius 2 is 2.06 bits per heavy atom. The van der Waals surface area contributed by atoms with E-state index in [1.165, 1.54) is 16.3 Å². The number of hydrogen-bond donors (Lipinski definition) is 0. The SMILES string of the molecule is CC(=O)C(C)CC[Si]c1cccc(C)c1C. The van der Waals surface area contributed by atoms with E-state index in [1.807, 2.05) is 6.92 Å². The molecule has 1 atom stereocenters. The number of ketones is 1. The summed E-state index contributed by atoms with van der Waals surface area (Å²) in [7, 11) is 0.833. The molecule has 0 saturated carbocycles. The summed E-state index contributed by atoms with van der Waals surface area (Å²) in [4.78, 5) is 11.1. The number of carbonyl (C=O) groups excluding carboxylic acids is 1. The van der Waals surface area contributed by atoms with Crippen molar-refractivity contribution in [3.8, 4) is 0 Å². The molecule has 2 heteroatoms. The predicted molar refractivity (Wildman–Crippen MR) is 70.6 cm³/mol. The van der Waals surface area contributed by atoms with Gasteiger partial charge in [-0.25, -0.2) is 0 Å². The highest BCUT2D eigenvalue weighted by atomic mass is 28.2. The third kappa shape index (κ3) is 3.60. The van der Waals surface area contributed by atoms with E-state index in [2.05, 4.69) is 32.0 Å². The van der Waals surface area contributed by atoms with Gasteiger partial charge in [0, 0.05) is 5.92 Å². The summed E-state index contributed by atoms with van der Waals surface area (Å²) in [5.74, 6) is 0.531. The van der Waals surface area contributed by atoms with Gasteiger partial charge in [0.2, 0.25) is 0 Å². The molecule has 86 valence electrons. The van der Waals surface area contributed by atoms with Crippen LogP contribution in [0.25, 0.3) is 0 Å². The van der Waals surface area contributed by atoms with Gasteiger partial charge in [-0.2, -0.15) is 0 Å². The fourth-order valence-electron chi connectivity index (χ4n) is 1.57. The molecular weight excluding hydrogens is 212 g/mol. The minimum absolute atomic E-state index is 0.220. The molecule has 0 aliphatic heterocycles. The molecule has 16 heavy (non-hydrogen) atoms. The van der Waals surface area contributed by atoms with E-state index in [0.717, 1.165) is 22.0 Å². The van der Waals surface area contributed by atoms with Gasteiger partial charge in [-0.1, -0.05) is 36.4 Å². The first-order valence-corrected chi connectivity index (χ1v) is 7.03. The second-order valence-corrected chi connectivity index (χ2v) is 5.87. The number of carbonyl (C=O) groups is 1. The first-order valence-electron chi connectivity index (χ1n) is 5.83. The molecule has 0 aromatic heterocycles. The van der Waals surface area contributed by atoms with Crippen molar-refractivity contribution < 1.29 is 4.79 Å². The summed E-state index contributed by atoms with van der Waals surface area (Å²) in [5, 5.41) is 1.45. The average molecular weight is 232 g/mol. The number of rotatable bonds is 5. The topological polar surface area (TPSA) is 17.1 Å². The second kappa shape index (κ2) is 5.99. The van der Waals surface area contributed by atoms with Gasteiger partial charge in [0.15, 0.2) is 0 Å². The zero-order valence-electron chi connectivity index (χ0n) is 10.6. The van der Waals surface area contributed by atoms with Crippen LogP contribution >= 0.6 is 0 Å². The maximum atomic E-state index is 11.1. The average Bonchev–Trinajstić information content (AvgIpc) is 2.24. The first kappa shape index (κ1) is 13.2. The molecule has 0 saturated heterocycles. The Labute approximate surface area is 101 Å². The van der Waals surface area contributed by atoms with Crippen LogP contribution in [0.1, 0.15) is 31.4 Å². The fourth-order valence-corrected chi connectivity index (χ4v) is 3.09. The third-order valence-electron chi connectivity index (χ3n) is 3.19. The maximum absolute atomic E-state index is 11.1. The fraction of sp³-hybridized carbons (Fsp3) is 0.500. The van der Waals surface area contributed by atoms with Crippen LogP contribution in [0.5, 0.6) is 0 Å². The van der Waals surface area contributed by atoms with Gasteiger partial charge in [-0.15, -0.1) is 0 Å². The molecule has 0 fully saturated rings. The van der Waals surface area contributed by atoms with Crippen LogP contribution in [0.2, 0.25) is 6.04 Å². The second-order valence-electron chi connectivity index (χ2n) is 4.47. The Morgan fingerprint density at radius 3 is 2.69 bits per heavy atom. The molecule has 0 aliphatic carbocycles. The summed E-state index contributed by atoms with van der Waals surface area (Å²) in [6.45, 7) is 8.05. The number of aryl methyl sites for hydroxylation is 1. The van der Waals surface area contributed by atoms with E-state index in [0.29, 0.717) is 5.78 Å². The molecule has 2 radical (unpaired) electrons. The van der Waals surface area contributed by atoms with E-state index in [-0.39, 0.29) is 5.92 Å². The molecule has 1 nitrogen and oxygen atoms in total. The van der Waals surface area contributed by atoms with Crippen molar-refractivity contribution in [3.63, 3.8) is 0 Å². The lowest BCUT2D eigenvalue weighted by Crippen LogP contribution is -2.19. The van der Waals surface area contributed by atoms with Crippen LogP contribution in [-0.4, -0.2) is 15.3 Å². The highest BCUT2D eigenvalue weighted by Gasteiger charge is 2.08. The van der Waals surface area contributed by atoms with Crippen molar-refractivity contribution in [1.82, 2.24) is 0 Å². The molecule has 1 aromatic carbocycles. The zero-order chi connectivity index (χ0) is 12.1. The van der Waals surface area contributed by atoms with Crippen molar-refractivity contribution in [2.75, 3.05) is 0 Å². The summed E-state index contributed by atoms with van der Waals surface area (Å²) in [6, 6.07) is 7.62. The molecule has 0 N–H and O–H groups in total. The quantitative estimate of drug-likeness (QED) is 0.713. The van der Waals surface area contributed by atoms with Gasteiger partial charge >= 0.3 is 0 Å². The van der Waals surface area contributed by atoms with Crippen molar-refractivity contribution in [2.24, 2.45) is 5.92 Å². The smallest absolute Gasteiger partial charge is 0.132 e. The Hall–Kier alpha value is -0.893. The molecule has 0 spiro atoms. The maximum Gasteiger partial charge on any atom is 0.132 e. The summed E-state index contributed by atoms with van der Waals surface area (Å²) in [6.07, 6.45) is 1.02. The standard InChI is InChI=1S/C14H20OSi/c1-10-6-5-7-14(12(10)3)16-9-8-11(2)13(4)15/h5-7,11H,8-9H2,1-4H3. The minimum Gasteiger partial charge on any atom is -0.300 e. The summed E-state index contributed by atoms with van der Waals surface area (Å²) in [5.41, 5.74) is 2.78. The lowest BCUT2D eigenvalue weighted by atomic mass is 10.1. The van der Waals surface area contributed by atoms with Crippen molar-refractivity contribution >= 4 is 20.5 Å². The monoisotopic (exact) mass is 232 g/mol. The molecule has 0 amide bonds. The number of benzene rings is 1. The van der Waals surface area contributed by atoms with E-state index in [4.69, 9.17) is 0 Å². The predicted octanol–water partition coefficient (Wildman–Crippen LogP) is 2.67. The van der Waals surface area contributed by atoms with Crippen LogP contribution in [0.4, 0.5) is 0 Å². The van der Waals surface area contributed by atoms with Gasteiger partial charge in [-0.05, 0) is 38.3 Å². The summed E-state index contributed by atoms with van der Waals surface area (Å²) >= 11 is 0. The van der Waals surface area contributed by atoms with E-state index in [1.54, 1.807) is 6.92 Å². The largest absolute Gasteiger partial charge is 0.300 e. The van der Waals surface area contributed by atoms with Gasteiger partial charge in [0.25, 0.3) is 0 Å². The summed E-state index contributed by atoms with van der Waals surface area (Å²) < 4.78 is 0. The van der Waals surface area contributed by atoms with Crippen molar-refractivity contribution in [2.45, 2.75) is 40.2 Å². The third-order valence-corrected chi connectivity index (χ3v) is 4.65. The van der Waals surface area contributed by atoms with Gasteiger partial charge < -0.3 is 0 Å². The number of hydrogen-bond acceptors (Lipinski definition) is 1. The lowest BCUT2D eigenvalue weighted by Gasteiger charge is -2.09. The van der Waals surface area contributed by atoms with Crippen molar-refractivity contribution in [1.29, 1.82) is 0 Å². The zero-order valence-corrected chi connectivity index (χ0v) is 11.6. The molecule has 0 aliphatic rings. The van der Waals surface area contributed by atoms with Gasteiger partial charge in [0.05, 0.1) is 9.52 Å². The highest BCUT2D eigenvalue weighted by molar-refractivity contribution is 6.54. The normalized spacial score (nSPS) is 12.5. The van der Waals surface area contributed by atoms with E-state index < -0.39 is 0 Å². The van der Waals surface area contributed by atoms with Crippen LogP contribution < -0.4 is 5.19 Å². The van der Waals surface area contributed by atoms with Crippen molar-refractivity contribution in [3.05, 3.63) is 29.3 Å². The van der Waals surface area contributed by atoms with Crippen LogP contribution in [-0.2, 0) is 4.79 Å². The number of Topliss-reactive ketones (excluding diaryl/α,β-unsaturated/α-hetero) is 1. The van der Waals surface area contributed by atoms with E-state index in [9.17, 15) is 4.79 Å². The van der Waals surface area contributed by atoms with Crippen LogP contribution in [0.15, 0.2) is 18.2 Å². The van der Waals surface area contributed by atoms with Crippen LogP contribution in [0, 0.1) is 19.8 Å². The highest BCUT2D eigenvalue weighted by Crippen LogP contribution is 2.08. The van der Waals surface area contributed by atoms with Gasteiger partial charge in [-0.3, -0.25) is 4.79 Å². The Morgan fingerprint density at radius 1 is 1.38 bits per heavy atom. The molecule has 1 aromatic rings. The molecule has 0 heterocycles. The Bertz CT molecular complexity index is 371. The minimum atomic E-state index is 0.220. The lowest BCUT2D eigenvalue weighted by molar-refractivity contribution is -0.120. The molecule has 1 rings (SSSR count). The Balaban J connectivity index is 2.49. The molecule has 1 unspecified atom stereocenters. The van der Waals surface area contributed by atoms with E-state index >= 15 is 0 Å². The first-order chi connectivity index (χ1) is 7.52. The molecule has 0 bridgehead atoms. The Kier molecular flexibility index (Phi) is 4.94. The van der Waals surface area contributed by atoms with Gasteiger partial charge in [0.1, 0.15) is 5.78 Å². The van der Waals surface area contributed by atoms with Crippen LogP contribution in [0.3, 0.4) is 0 Å².